The predicted octanol–water partition coefficient (Wildman–Crippen LogP) is -0.670. The fraction of sp³-hybridized carbons (Fsp3) is 1.00. The number of nitrogens with zero attached hydrogens (tertiary/aromatic N) is 1. The van der Waals surface area contributed by atoms with Gasteiger partial charge in [0.1, 0.15) is 0 Å². The first-order valence-electron chi connectivity index (χ1n) is 4.60. The van der Waals surface area contributed by atoms with Crippen LogP contribution in [0.3, 0.4) is 0 Å². The fourth-order valence-electron chi connectivity index (χ4n) is 1.35. The topological polar surface area (TPSA) is 55.7 Å². The van der Waals surface area contributed by atoms with E-state index >= 15 is 0 Å². The lowest BCUT2D eigenvalue weighted by Gasteiger charge is -2.27. The maximum Gasteiger partial charge on any atom is 0.0908 e. The van der Waals surface area contributed by atoms with Crippen molar-refractivity contribution in [3.8, 4) is 0 Å². The van der Waals surface area contributed by atoms with Crippen LogP contribution in [-0.2, 0) is 0 Å². The zero-order valence-electron chi connectivity index (χ0n) is 7.37. The Kier molecular flexibility index (Phi) is 4.53. The van der Waals surface area contributed by atoms with Crippen molar-refractivity contribution in [3.63, 3.8) is 0 Å². The fourth-order valence-corrected chi connectivity index (χ4v) is 1.35. The molecule has 0 spiro atoms. The van der Waals surface area contributed by atoms with Gasteiger partial charge in [-0.2, -0.15) is 0 Å². The van der Waals surface area contributed by atoms with Crippen LogP contribution in [0, 0.1) is 0 Å². The molecule has 72 valence electrons. The van der Waals surface area contributed by atoms with Gasteiger partial charge < -0.3 is 10.2 Å². The molecule has 1 unspecified atom stereocenters. The Morgan fingerprint density at radius 2 is 1.92 bits per heavy atom. The second kappa shape index (κ2) is 5.48. The lowest BCUT2D eigenvalue weighted by molar-refractivity contribution is 0.0609. The first-order valence-corrected chi connectivity index (χ1v) is 4.60. The summed E-state index contributed by atoms with van der Waals surface area (Å²) in [6, 6.07) is 0. The largest absolute Gasteiger partial charge is 0.394 e. The highest BCUT2D eigenvalue weighted by atomic mass is 16.3. The Balaban J connectivity index is 2.05. The molecule has 0 aromatic rings. The van der Waals surface area contributed by atoms with Crippen LogP contribution in [0.15, 0.2) is 0 Å². The van der Waals surface area contributed by atoms with Crippen molar-refractivity contribution in [3.05, 3.63) is 0 Å². The second-order valence-electron chi connectivity index (χ2n) is 3.25. The summed E-state index contributed by atoms with van der Waals surface area (Å²) in [5.74, 6) is 0. The molecule has 12 heavy (non-hydrogen) atoms. The third-order valence-electron chi connectivity index (χ3n) is 2.12. The van der Waals surface area contributed by atoms with E-state index in [0.29, 0.717) is 6.54 Å². The number of hydrazine groups is 1. The molecule has 4 heteroatoms. The predicted molar refractivity (Wildman–Crippen MR) is 46.5 cm³/mol. The second-order valence-corrected chi connectivity index (χ2v) is 3.25. The van der Waals surface area contributed by atoms with Gasteiger partial charge >= 0.3 is 0 Å². The number of aliphatic hydroxyl groups is 2. The van der Waals surface area contributed by atoms with Crippen LogP contribution in [0.4, 0.5) is 0 Å². The van der Waals surface area contributed by atoms with Crippen molar-refractivity contribution in [2.75, 3.05) is 26.2 Å². The molecule has 0 bridgehead atoms. The van der Waals surface area contributed by atoms with Gasteiger partial charge in [-0.25, -0.2) is 5.01 Å². The number of hydrogen-bond acceptors (Lipinski definition) is 4. The Morgan fingerprint density at radius 1 is 1.25 bits per heavy atom. The summed E-state index contributed by atoms with van der Waals surface area (Å²) in [6.45, 7) is 2.40. The molecule has 1 atom stereocenters. The molecular weight excluding hydrogens is 156 g/mol. The molecular formula is C8H18N2O2. The molecule has 0 radical (unpaired) electrons. The minimum absolute atomic E-state index is 0.166. The van der Waals surface area contributed by atoms with Gasteiger partial charge in [0.2, 0.25) is 0 Å². The first kappa shape index (κ1) is 9.92. The summed E-state index contributed by atoms with van der Waals surface area (Å²) < 4.78 is 0. The summed E-state index contributed by atoms with van der Waals surface area (Å²) in [4.78, 5) is 0. The maximum atomic E-state index is 9.05. The normalized spacial score (nSPS) is 22.5. The zero-order chi connectivity index (χ0) is 8.81. The molecule has 0 aromatic heterocycles. The molecule has 1 heterocycles. The Labute approximate surface area is 73.2 Å². The Bertz CT molecular complexity index is 116. The van der Waals surface area contributed by atoms with E-state index in [9.17, 15) is 0 Å². The van der Waals surface area contributed by atoms with E-state index < -0.39 is 6.10 Å². The average molecular weight is 174 g/mol. The molecule has 0 amide bonds. The minimum atomic E-state index is -0.632. The average Bonchev–Trinajstić information content (AvgIpc) is 2.16. The standard InChI is InChI=1S/C8H18N2O2/c11-7-8(12)6-9-10-4-2-1-3-5-10/h8-9,11-12H,1-7H2. The van der Waals surface area contributed by atoms with Crippen molar-refractivity contribution < 1.29 is 10.2 Å². The van der Waals surface area contributed by atoms with Crippen LogP contribution < -0.4 is 5.43 Å². The summed E-state index contributed by atoms with van der Waals surface area (Å²) in [5.41, 5.74) is 3.10. The minimum Gasteiger partial charge on any atom is -0.394 e. The molecule has 0 aliphatic carbocycles. The van der Waals surface area contributed by atoms with Gasteiger partial charge in [-0.3, -0.25) is 5.43 Å². The van der Waals surface area contributed by atoms with Crippen molar-refractivity contribution in [2.45, 2.75) is 25.4 Å². The Morgan fingerprint density at radius 3 is 2.50 bits per heavy atom. The number of hydrogen-bond donors (Lipinski definition) is 3. The summed E-state index contributed by atoms with van der Waals surface area (Å²) >= 11 is 0. The van der Waals surface area contributed by atoms with Crippen LogP contribution in [0.2, 0.25) is 0 Å². The summed E-state index contributed by atoms with van der Waals surface area (Å²) in [5, 5.41) is 19.7. The summed E-state index contributed by atoms with van der Waals surface area (Å²) in [6.07, 6.45) is 3.12. The van der Waals surface area contributed by atoms with Crippen molar-refractivity contribution in [2.24, 2.45) is 0 Å². The van der Waals surface area contributed by atoms with E-state index in [1.54, 1.807) is 0 Å². The molecule has 0 aromatic carbocycles. The molecule has 1 rings (SSSR count). The first-order chi connectivity index (χ1) is 5.83. The monoisotopic (exact) mass is 174 g/mol. The lowest BCUT2D eigenvalue weighted by atomic mass is 10.2. The quantitative estimate of drug-likeness (QED) is 0.529. The lowest BCUT2D eigenvalue weighted by Crippen LogP contribution is -2.45. The van der Waals surface area contributed by atoms with E-state index in [2.05, 4.69) is 10.4 Å². The molecule has 1 aliphatic heterocycles. The van der Waals surface area contributed by atoms with Gasteiger partial charge in [-0.15, -0.1) is 0 Å². The van der Waals surface area contributed by atoms with Crippen molar-refractivity contribution in [1.29, 1.82) is 0 Å². The third-order valence-corrected chi connectivity index (χ3v) is 2.12. The van der Waals surface area contributed by atoms with Gasteiger partial charge in [0.15, 0.2) is 0 Å². The Hall–Kier alpha value is -0.160. The van der Waals surface area contributed by atoms with Gasteiger partial charge in [0, 0.05) is 19.6 Å². The zero-order valence-corrected chi connectivity index (χ0v) is 7.37. The van der Waals surface area contributed by atoms with Crippen LogP contribution in [-0.4, -0.2) is 47.6 Å². The number of piperidine rings is 1. The van der Waals surface area contributed by atoms with Crippen LogP contribution in [0.5, 0.6) is 0 Å². The molecule has 3 N–H and O–H groups in total. The molecule has 1 saturated heterocycles. The van der Waals surface area contributed by atoms with Gasteiger partial charge in [0.25, 0.3) is 0 Å². The molecule has 0 saturated carbocycles. The van der Waals surface area contributed by atoms with Gasteiger partial charge in [-0.05, 0) is 12.8 Å². The molecule has 1 aliphatic rings. The number of nitrogens with one attached hydrogen (secondary N) is 1. The van der Waals surface area contributed by atoms with Crippen LogP contribution in [0.25, 0.3) is 0 Å². The number of aliphatic hydroxyl groups excluding tert-OH is 2. The van der Waals surface area contributed by atoms with Crippen molar-refractivity contribution in [1.82, 2.24) is 10.4 Å². The van der Waals surface area contributed by atoms with Crippen LogP contribution >= 0.6 is 0 Å². The highest BCUT2D eigenvalue weighted by Gasteiger charge is 2.10. The van der Waals surface area contributed by atoms with E-state index in [1.807, 2.05) is 0 Å². The van der Waals surface area contributed by atoms with E-state index in [0.717, 1.165) is 13.1 Å². The smallest absolute Gasteiger partial charge is 0.0908 e. The SMILES string of the molecule is OCC(O)CNN1CCCCC1. The highest BCUT2D eigenvalue weighted by molar-refractivity contribution is 4.62. The van der Waals surface area contributed by atoms with Gasteiger partial charge in [-0.1, -0.05) is 6.42 Å². The molecule has 1 fully saturated rings. The van der Waals surface area contributed by atoms with Gasteiger partial charge in [0.05, 0.1) is 12.7 Å². The highest BCUT2D eigenvalue weighted by Crippen LogP contribution is 2.05. The maximum absolute atomic E-state index is 9.05. The van der Waals surface area contributed by atoms with E-state index in [-0.39, 0.29) is 6.61 Å². The number of rotatable bonds is 4. The molecule has 4 nitrogen and oxygen atoms in total. The van der Waals surface area contributed by atoms with E-state index in [4.69, 9.17) is 10.2 Å². The van der Waals surface area contributed by atoms with Crippen LogP contribution in [0.1, 0.15) is 19.3 Å². The summed E-state index contributed by atoms with van der Waals surface area (Å²) in [7, 11) is 0. The van der Waals surface area contributed by atoms with Crippen molar-refractivity contribution >= 4 is 0 Å². The van der Waals surface area contributed by atoms with E-state index in [1.165, 1.54) is 19.3 Å². The third kappa shape index (κ3) is 3.49.